The van der Waals surface area contributed by atoms with Crippen molar-refractivity contribution >= 4 is 16.6 Å². The first-order valence-electron chi connectivity index (χ1n) is 7.00. The predicted octanol–water partition coefficient (Wildman–Crippen LogP) is 3.14. The number of para-hydroxylation sites is 1. The number of nitrogens with zero attached hydrogens (tertiary/aromatic N) is 1. The van der Waals surface area contributed by atoms with E-state index >= 15 is 0 Å². The Morgan fingerprint density at radius 1 is 1.26 bits per heavy atom. The summed E-state index contributed by atoms with van der Waals surface area (Å²) in [6.45, 7) is 2.30. The fourth-order valence-electron chi connectivity index (χ4n) is 3.09. The molecule has 0 saturated heterocycles. The molecule has 3 nitrogen and oxygen atoms in total. The van der Waals surface area contributed by atoms with Crippen molar-refractivity contribution in [1.29, 1.82) is 0 Å². The van der Waals surface area contributed by atoms with Gasteiger partial charge in [-0.1, -0.05) is 25.1 Å². The standard InChI is InChI=1S/C16H20N2O/c1-11-7-8-12(9-11)17-14-10-16(19)18(2)15-6-4-3-5-13(14)15/h3-6,10-12,17H,7-9H2,1-2H3. The van der Waals surface area contributed by atoms with Crippen LogP contribution in [0.1, 0.15) is 26.2 Å². The summed E-state index contributed by atoms with van der Waals surface area (Å²) >= 11 is 0. The molecule has 0 radical (unpaired) electrons. The quantitative estimate of drug-likeness (QED) is 0.895. The number of aryl methyl sites for hydroxylation is 1. The van der Waals surface area contributed by atoms with Gasteiger partial charge in [0.15, 0.2) is 0 Å². The summed E-state index contributed by atoms with van der Waals surface area (Å²) in [7, 11) is 1.83. The van der Waals surface area contributed by atoms with Gasteiger partial charge in [-0.05, 0) is 31.2 Å². The number of hydrogen-bond donors (Lipinski definition) is 1. The molecule has 3 heteroatoms. The first kappa shape index (κ1) is 12.3. The van der Waals surface area contributed by atoms with Crippen molar-refractivity contribution in [1.82, 2.24) is 4.57 Å². The number of nitrogens with one attached hydrogen (secondary N) is 1. The zero-order valence-corrected chi connectivity index (χ0v) is 11.5. The number of anilines is 1. The SMILES string of the molecule is CC1CCC(Nc2cc(=O)n(C)c3ccccc23)C1. The maximum absolute atomic E-state index is 12.0. The lowest BCUT2D eigenvalue weighted by atomic mass is 10.1. The van der Waals surface area contributed by atoms with Gasteiger partial charge in [0.1, 0.15) is 0 Å². The third kappa shape index (κ3) is 2.25. The van der Waals surface area contributed by atoms with E-state index in [-0.39, 0.29) is 5.56 Å². The van der Waals surface area contributed by atoms with E-state index in [0.717, 1.165) is 22.5 Å². The number of hydrogen-bond acceptors (Lipinski definition) is 2. The first-order valence-corrected chi connectivity index (χ1v) is 7.00. The molecule has 1 aliphatic carbocycles. The van der Waals surface area contributed by atoms with Crippen LogP contribution in [0.5, 0.6) is 0 Å². The molecule has 1 fully saturated rings. The lowest BCUT2D eigenvalue weighted by molar-refractivity contribution is 0.603. The molecule has 1 aliphatic rings. The monoisotopic (exact) mass is 256 g/mol. The molecule has 1 saturated carbocycles. The van der Waals surface area contributed by atoms with E-state index < -0.39 is 0 Å². The minimum Gasteiger partial charge on any atom is -0.382 e. The molecule has 1 aromatic heterocycles. The van der Waals surface area contributed by atoms with Crippen LogP contribution in [0.4, 0.5) is 5.69 Å². The van der Waals surface area contributed by atoms with Gasteiger partial charge in [-0.2, -0.15) is 0 Å². The number of benzene rings is 1. The van der Waals surface area contributed by atoms with Crippen molar-refractivity contribution in [3.63, 3.8) is 0 Å². The van der Waals surface area contributed by atoms with Crippen molar-refractivity contribution in [3.05, 3.63) is 40.7 Å². The Labute approximate surface area is 113 Å². The van der Waals surface area contributed by atoms with Gasteiger partial charge in [0.2, 0.25) is 0 Å². The molecule has 1 heterocycles. The smallest absolute Gasteiger partial charge is 0.252 e. The van der Waals surface area contributed by atoms with Crippen LogP contribution in [-0.4, -0.2) is 10.6 Å². The number of rotatable bonds is 2. The Balaban J connectivity index is 2.03. The first-order chi connectivity index (χ1) is 9.15. The molecule has 100 valence electrons. The molecular weight excluding hydrogens is 236 g/mol. The lowest BCUT2D eigenvalue weighted by Crippen LogP contribution is -2.21. The molecule has 0 aliphatic heterocycles. The van der Waals surface area contributed by atoms with Crippen molar-refractivity contribution in [2.24, 2.45) is 13.0 Å². The molecular formula is C16H20N2O. The summed E-state index contributed by atoms with van der Waals surface area (Å²) in [5.74, 6) is 0.787. The van der Waals surface area contributed by atoms with Gasteiger partial charge in [0.25, 0.3) is 5.56 Å². The van der Waals surface area contributed by atoms with E-state index in [1.807, 2.05) is 25.2 Å². The van der Waals surface area contributed by atoms with Crippen LogP contribution >= 0.6 is 0 Å². The van der Waals surface area contributed by atoms with Crippen LogP contribution in [0.2, 0.25) is 0 Å². The molecule has 3 rings (SSSR count). The van der Waals surface area contributed by atoms with E-state index in [0.29, 0.717) is 6.04 Å². The second-order valence-electron chi connectivity index (χ2n) is 5.73. The molecule has 2 unspecified atom stereocenters. The van der Waals surface area contributed by atoms with Crippen molar-refractivity contribution in [3.8, 4) is 0 Å². The maximum atomic E-state index is 12.0. The lowest BCUT2D eigenvalue weighted by Gasteiger charge is -2.17. The Morgan fingerprint density at radius 2 is 2.05 bits per heavy atom. The highest BCUT2D eigenvalue weighted by Crippen LogP contribution is 2.29. The molecule has 1 N–H and O–H groups in total. The Bertz CT molecular complexity index is 659. The highest BCUT2D eigenvalue weighted by atomic mass is 16.1. The summed E-state index contributed by atoms with van der Waals surface area (Å²) in [5.41, 5.74) is 2.02. The van der Waals surface area contributed by atoms with Crippen molar-refractivity contribution < 1.29 is 0 Å². The third-order valence-corrected chi connectivity index (χ3v) is 4.21. The summed E-state index contributed by atoms with van der Waals surface area (Å²) < 4.78 is 1.71. The van der Waals surface area contributed by atoms with Gasteiger partial charge < -0.3 is 9.88 Å². The summed E-state index contributed by atoms with van der Waals surface area (Å²) in [4.78, 5) is 12.0. The Hall–Kier alpha value is -1.77. The maximum Gasteiger partial charge on any atom is 0.252 e. The van der Waals surface area contributed by atoms with E-state index in [2.05, 4.69) is 18.3 Å². The number of pyridine rings is 1. The molecule has 0 amide bonds. The van der Waals surface area contributed by atoms with E-state index in [1.165, 1.54) is 19.3 Å². The molecule has 19 heavy (non-hydrogen) atoms. The van der Waals surface area contributed by atoms with Crippen LogP contribution in [-0.2, 0) is 7.05 Å². The van der Waals surface area contributed by atoms with Crippen LogP contribution in [0.3, 0.4) is 0 Å². The average Bonchev–Trinajstić information content (AvgIpc) is 2.81. The van der Waals surface area contributed by atoms with Gasteiger partial charge in [-0.25, -0.2) is 0 Å². The Kier molecular flexibility index (Phi) is 3.05. The van der Waals surface area contributed by atoms with Crippen molar-refractivity contribution in [2.45, 2.75) is 32.2 Å². The van der Waals surface area contributed by atoms with Crippen LogP contribution in [0, 0.1) is 5.92 Å². The zero-order valence-electron chi connectivity index (χ0n) is 11.5. The summed E-state index contributed by atoms with van der Waals surface area (Å²) in [5, 5.41) is 4.70. The second kappa shape index (κ2) is 4.72. The predicted molar refractivity (Wildman–Crippen MR) is 79.6 cm³/mol. The highest BCUT2D eigenvalue weighted by Gasteiger charge is 2.21. The highest BCUT2D eigenvalue weighted by molar-refractivity contribution is 5.91. The fourth-order valence-corrected chi connectivity index (χ4v) is 3.09. The molecule has 0 bridgehead atoms. The van der Waals surface area contributed by atoms with Crippen LogP contribution < -0.4 is 10.9 Å². The topological polar surface area (TPSA) is 34.0 Å². The molecule has 2 aromatic rings. The zero-order chi connectivity index (χ0) is 13.4. The van der Waals surface area contributed by atoms with Crippen molar-refractivity contribution in [2.75, 3.05) is 5.32 Å². The van der Waals surface area contributed by atoms with Crippen LogP contribution in [0.25, 0.3) is 10.9 Å². The average molecular weight is 256 g/mol. The molecule has 1 aromatic carbocycles. The van der Waals surface area contributed by atoms with Gasteiger partial charge in [0, 0.05) is 30.2 Å². The molecule has 2 atom stereocenters. The van der Waals surface area contributed by atoms with E-state index in [9.17, 15) is 4.79 Å². The second-order valence-corrected chi connectivity index (χ2v) is 5.73. The summed E-state index contributed by atoms with van der Waals surface area (Å²) in [6, 6.07) is 10.3. The normalized spacial score (nSPS) is 22.8. The Morgan fingerprint density at radius 3 is 2.79 bits per heavy atom. The van der Waals surface area contributed by atoms with E-state index in [1.54, 1.807) is 10.6 Å². The largest absolute Gasteiger partial charge is 0.382 e. The minimum atomic E-state index is 0.0484. The van der Waals surface area contributed by atoms with Gasteiger partial charge in [0.05, 0.1) is 5.52 Å². The number of fused-ring (bicyclic) bond motifs is 1. The van der Waals surface area contributed by atoms with Crippen LogP contribution in [0.15, 0.2) is 35.1 Å². The number of aromatic nitrogens is 1. The minimum absolute atomic E-state index is 0.0484. The third-order valence-electron chi connectivity index (χ3n) is 4.21. The van der Waals surface area contributed by atoms with E-state index in [4.69, 9.17) is 0 Å². The van der Waals surface area contributed by atoms with Gasteiger partial charge in [-0.3, -0.25) is 4.79 Å². The fraction of sp³-hybridized carbons (Fsp3) is 0.438. The van der Waals surface area contributed by atoms with Gasteiger partial charge in [-0.15, -0.1) is 0 Å². The summed E-state index contributed by atoms with van der Waals surface area (Å²) in [6.07, 6.45) is 3.68. The van der Waals surface area contributed by atoms with Gasteiger partial charge >= 0.3 is 0 Å². The molecule has 0 spiro atoms.